The lowest BCUT2D eigenvalue weighted by Crippen LogP contribution is -2.20. The molecule has 0 bridgehead atoms. The first-order valence-electron chi connectivity index (χ1n) is 7.67. The summed E-state index contributed by atoms with van der Waals surface area (Å²) in [6, 6.07) is 2.86. The van der Waals surface area contributed by atoms with E-state index in [2.05, 4.69) is 21.8 Å². The Balaban J connectivity index is 1.53. The second-order valence-electron chi connectivity index (χ2n) is 6.09. The van der Waals surface area contributed by atoms with Crippen LogP contribution in [0.2, 0.25) is 0 Å². The molecule has 1 aromatic heterocycles. The van der Waals surface area contributed by atoms with E-state index in [1.165, 1.54) is 50.9 Å². The molecular weight excluding hydrogens is 258 g/mol. The molecule has 1 unspecified atom stereocenters. The quantitative estimate of drug-likeness (QED) is 0.771. The molecule has 1 aliphatic carbocycles. The molecule has 3 nitrogen and oxygen atoms in total. The Morgan fingerprint density at radius 1 is 1.26 bits per heavy atom. The van der Waals surface area contributed by atoms with E-state index in [1.54, 1.807) is 0 Å². The highest BCUT2D eigenvalue weighted by atomic mass is 35.5. The van der Waals surface area contributed by atoms with E-state index in [9.17, 15) is 0 Å². The molecule has 2 fully saturated rings. The maximum absolute atomic E-state index is 5.83. The van der Waals surface area contributed by atoms with Crippen LogP contribution in [0.15, 0.2) is 12.3 Å². The highest BCUT2D eigenvalue weighted by Crippen LogP contribution is 2.29. The fraction of sp³-hybridized carbons (Fsp3) is 0.800. The van der Waals surface area contributed by atoms with Gasteiger partial charge in [0, 0.05) is 25.2 Å². The van der Waals surface area contributed by atoms with Gasteiger partial charge in [-0.25, -0.2) is 0 Å². The van der Waals surface area contributed by atoms with Crippen molar-refractivity contribution in [1.82, 2.24) is 14.7 Å². The summed E-state index contributed by atoms with van der Waals surface area (Å²) in [7, 11) is 0. The van der Waals surface area contributed by atoms with Crippen molar-refractivity contribution in [2.75, 3.05) is 19.0 Å². The number of alkyl halides is 1. The fourth-order valence-corrected chi connectivity index (χ4v) is 3.82. The van der Waals surface area contributed by atoms with Gasteiger partial charge in [0.15, 0.2) is 0 Å². The van der Waals surface area contributed by atoms with Gasteiger partial charge in [0.05, 0.1) is 11.7 Å². The van der Waals surface area contributed by atoms with Crippen LogP contribution in [0.5, 0.6) is 0 Å². The smallest absolute Gasteiger partial charge is 0.0764 e. The molecule has 2 heterocycles. The van der Waals surface area contributed by atoms with Crippen LogP contribution >= 0.6 is 11.6 Å². The average Bonchev–Trinajstić information content (AvgIpc) is 3.10. The van der Waals surface area contributed by atoms with Crippen LogP contribution in [-0.2, 0) is 6.54 Å². The zero-order valence-corrected chi connectivity index (χ0v) is 12.4. The third-order valence-corrected chi connectivity index (χ3v) is 4.85. The summed E-state index contributed by atoms with van der Waals surface area (Å²) in [5, 5.41) is 4.78. The van der Waals surface area contributed by atoms with Gasteiger partial charge >= 0.3 is 0 Å². The second kappa shape index (κ2) is 6.27. The molecule has 1 aliphatic heterocycles. The highest BCUT2D eigenvalue weighted by Gasteiger charge is 2.23. The van der Waals surface area contributed by atoms with Gasteiger partial charge < -0.3 is 0 Å². The number of halogens is 1. The van der Waals surface area contributed by atoms with Gasteiger partial charge in [0.1, 0.15) is 0 Å². The lowest BCUT2D eigenvalue weighted by molar-refractivity contribution is 0.309. The van der Waals surface area contributed by atoms with E-state index in [0.29, 0.717) is 6.04 Å². The summed E-state index contributed by atoms with van der Waals surface area (Å²) in [6.07, 6.45) is 9.99. The Labute approximate surface area is 120 Å². The van der Waals surface area contributed by atoms with Gasteiger partial charge in [-0.05, 0) is 44.2 Å². The Kier molecular flexibility index (Phi) is 4.44. The summed E-state index contributed by atoms with van der Waals surface area (Å²) in [4.78, 5) is 2.53. The molecule has 1 saturated heterocycles. The summed E-state index contributed by atoms with van der Waals surface area (Å²) in [5.41, 5.74) is 1.23. The van der Waals surface area contributed by atoms with Crippen LogP contribution in [0, 0.1) is 5.92 Å². The Morgan fingerprint density at radius 3 is 2.89 bits per heavy atom. The Bertz CT molecular complexity index is 398. The van der Waals surface area contributed by atoms with Crippen molar-refractivity contribution in [1.29, 1.82) is 0 Å². The van der Waals surface area contributed by atoms with Crippen molar-refractivity contribution in [3.05, 3.63) is 18.0 Å². The van der Waals surface area contributed by atoms with Gasteiger partial charge in [0.25, 0.3) is 0 Å². The molecular formula is C15H24ClN3. The number of hydrogen-bond acceptors (Lipinski definition) is 2. The fourth-order valence-electron chi connectivity index (χ4n) is 3.51. The Morgan fingerprint density at radius 2 is 2.11 bits per heavy atom. The molecule has 106 valence electrons. The molecule has 0 spiro atoms. The second-order valence-corrected chi connectivity index (χ2v) is 6.47. The number of rotatable bonds is 5. The maximum atomic E-state index is 5.83. The SMILES string of the molecule is ClCCC1CCN(Cc2ccn(C3CCCC3)n2)C1. The van der Waals surface area contributed by atoms with E-state index >= 15 is 0 Å². The van der Waals surface area contributed by atoms with Gasteiger partial charge in [-0.15, -0.1) is 11.6 Å². The number of hydrogen-bond donors (Lipinski definition) is 0. The van der Waals surface area contributed by atoms with E-state index in [4.69, 9.17) is 16.7 Å². The van der Waals surface area contributed by atoms with Crippen molar-refractivity contribution in [3.8, 4) is 0 Å². The normalized spacial score (nSPS) is 25.4. The molecule has 1 saturated carbocycles. The van der Waals surface area contributed by atoms with Crippen LogP contribution in [0.1, 0.15) is 50.3 Å². The Hall–Kier alpha value is -0.540. The standard InChI is InChI=1S/C15H24ClN3/c16-8-5-13-6-9-18(11-13)12-14-7-10-19(17-14)15-3-1-2-4-15/h7,10,13,15H,1-6,8-9,11-12H2. The van der Waals surface area contributed by atoms with Crippen LogP contribution in [-0.4, -0.2) is 33.6 Å². The number of likely N-dealkylation sites (tertiary alicyclic amines) is 1. The van der Waals surface area contributed by atoms with Crippen LogP contribution < -0.4 is 0 Å². The summed E-state index contributed by atoms with van der Waals surface area (Å²) in [5.74, 6) is 1.60. The minimum atomic E-state index is 0.663. The molecule has 0 aromatic carbocycles. The molecule has 0 N–H and O–H groups in total. The van der Waals surface area contributed by atoms with Crippen molar-refractivity contribution in [2.45, 2.75) is 51.1 Å². The van der Waals surface area contributed by atoms with Crippen LogP contribution in [0.25, 0.3) is 0 Å². The highest BCUT2D eigenvalue weighted by molar-refractivity contribution is 6.17. The minimum Gasteiger partial charge on any atom is -0.297 e. The zero-order valence-electron chi connectivity index (χ0n) is 11.6. The predicted molar refractivity (Wildman–Crippen MR) is 78.5 cm³/mol. The summed E-state index contributed by atoms with van der Waals surface area (Å²) >= 11 is 5.83. The van der Waals surface area contributed by atoms with E-state index in [1.807, 2.05) is 0 Å². The largest absolute Gasteiger partial charge is 0.297 e. The first-order chi connectivity index (χ1) is 9.35. The first kappa shape index (κ1) is 13.4. The van der Waals surface area contributed by atoms with E-state index < -0.39 is 0 Å². The maximum Gasteiger partial charge on any atom is 0.0764 e. The van der Waals surface area contributed by atoms with Gasteiger partial charge in [0.2, 0.25) is 0 Å². The number of nitrogens with zero attached hydrogens (tertiary/aromatic N) is 3. The zero-order chi connectivity index (χ0) is 13.1. The molecule has 19 heavy (non-hydrogen) atoms. The van der Waals surface area contributed by atoms with Crippen LogP contribution in [0.3, 0.4) is 0 Å². The predicted octanol–water partition coefficient (Wildman–Crippen LogP) is 3.45. The summed E-state index contributed by atoms with van der Waals surface area (Å²) < 4.78 is 2.20. The van der Waals surface area contributed by atoms with E-state index in [-0.39, 0.29) is 0 Å². The van der Waals surface area contributed by atoms with Gasteiger partial charge in [-0.3, -0.25) is 9.58 Å². The molecule has 1 atom stereocenters. The van der Waals surface area contributed by atoms with Crippen LogP contribution in [0.4, 0.5) is 0 Å². The van der Waals surface area contributed by atoms with Crippen molar-refractivity contribution < 1.29 is 0 Å². The molecule has 3 rings (SSSR count). The average molecular weight is 282 g/mol. The van der Waals surface area contributed by atoms with Crippen molar-refractivity contribution >= 4 is 11.6 Å². The third-order valence-electron chi connectivity index (χ3n) is 4.64. The molecule has 2 aliphatic rings. The van der Waals surface area contributed by atoms with Gasteiger partial charge in [-0.1, -0.05) is 12.8 Å². The van der Waals surface area contributed by atoms with Crippen molar-refractivity contribution in [2.24, 2.45) is 5.92 Å². The molecule has 0 amide bonds. The van der Waals surface area contributed by atoms with Crippen molar-refractivity contribution in [3.63, 3.8) is 0 Å². The monoisotopic (exact) mass is 281 g/mol. The molecule has 1 aromatic rings. The lowest BCUT2D eigenvalue weighted by atomic mass is 10.1. The first-order valence-corrected chi connectivity index (χ1v) is 8.21. The minimum absolute atomic E-state index is 0.663. The lowest BCUT2D eigenvalue weighted by Gasteiger charge is -2.14. The van der Waals surface area contributed by atoms with Gasteiger partial charge in [-0.2, -0.15) is 5.10 Å². The summed E-state index contributed by atoms with van der Waals surface area (Å²) in [6.45, 7) is 3.42. The number of aromatic nitrogens is 2. The molecule has 0 radical (unpaired) electrons. The third kappa shape index (κ3) is 3.32. The molecule has 4 heteroatoms. The van der Waals surface area contributed by atoms with E-state index in [0.717, 1.165) is 24.8 Å². The topological polar surface area (TPSA) is 21.1 Å².